The van der Waals surface area contributed by atoms with Gasteiger partial charge in [0, 0.05) is 23.4 Å². The third kappa shape index (κ3) is 4.13. The average molecular weight is 290 g/mol. The van der Waals surface area contributed by atoms with E-state index in [0.29, 0.717) is 22.9 Å². The van der Waals surface area contributed by atoms with Crippen LogP contribution in [0.5, 0.6) is 5.75 Å². The number of hydrogen-bond donors (Lipinski definition) is 2. The molecule has 0 radical (unpaired) electrons. The van der Waals surface area contributed by atoms with Gasteiger partial charge in [0.1, 0.15) is 5.75 Å². The summed E-state index contributed by atoms with van der Waals surface area (Å²) in [5.41, 5.74) is 6.94. The maximum Gasteiger partial charge on any atom is 0.251 e. The molecule has 4 nitrogen and oxygen atoms in total. The molecule has 1 aliphatic carbocycles. The van der Waals surface area contributed by atoms with Crippen LogP contribution >= 0.6 is 0 Å². The SMILES string of the molecule is CCC(NC(=O)c1cc(N)cc(OC)c1)C1CCCCC1. The number of nitrogen functional groups attached to an aromatic ring is 1. The molecular weight excluding hydrogens is 264 g/mol. The summed E-state index contributed by atoms with van der Waals surface area (Å²) in [4.78, 5) is 12.5. The third-order valence-corrected chi connectivity index (χ3v) is 4.40. The Bertz CT molecular complexity index is 482. The van der Waals surface area contributed by atoms with Crippen LogP contribution in [0.1, 0.15) is 55.8 Å². The maximum atomic E-state index is 12.5. The summed E-state index contributed by atoms with van der Waals surface area (Å²) in [5, 5.41) is 3.18. The van der Waals surface area contributed by atoms with Crippen molar-refractivity contribution < 1.29 is 9.53 Å². The van der Waals surface area contributed by atoms with Crippen LogP contribution in [0.15, 0.2) is 18.2 Å². The van der Waals surface area contributed by atoms with E-state index in [2.05, 4.69) is 12.2 Å². The van der Waals surface area contributed by atoms with E-state index in [4.69, 9.17) is 10.5 Å². The molecule has 0 aromatic heterocycles. The average Bonchev–Trinajstić information content (AvgIpc) is 2.52. The second-order valence-corrected chi connectivity index (χ2v) is 5.88. The van der Waals surface area contributed by atoms with E-state index in [1.54, 1.807) is 25.3 Å². The number of amides is 1. The minimum absolute atomic E-state index is 0.0574. The van der Waals surface area contributed by atoms with Gasteiger partial charge in [0.25, 0.3) is 5.91 Å². The van der Waals surface area contributed by atoms with Crippen molar-refractivity contribution in [2.75, 3.05) is 12.8 Å². The highest BCUT2D eigenvalue weighted by Gasteiger charge is 2.24. The first-order chi connectivity index (χ1) is 10.1. The van der Waals surface area contributed by atoms with Crippen LogP contribution in [0, 0.1) is 5.92 Å². The molecule has 21 heavy (non-hydrogen) atoms. The van der Waals surface area contributed by atoms with Gasteiger partial charge in [-0.05, 0) is 37.3 Å². The second-order valence-electron chi connectivity index (χ2n) is 5.88. The van der Waals surface area contributed by atoms with Crippen molar-refractivity contribution >= 4 is 11.6 Å². The van der Waals surface area contributed by atoms with Crippen molar-refractivity contribution in [3.63, 3.8) is 0 Å². The van der Waals surface area contributed by atoms with Crippen LogP contribution in [0.3, 0.4) is 0 Å². The fraction of sp³-hybridized carbons (Fsp3) is 0.588. The Hall–Kier alpha value is -1.71. The number of nitrogens with two attached hydrogens (primary N) is 1. The monoisotopic (exact) mass is 290 g/mol. The zero-order chi connectivity index (χ0) is 15.2. The summed E-state index contributed by atoms with van der Waals surface area (Å²) >= 11 is 0. The fourth-order valence-electron chi connectivity index (χ4n) is 3.21. The van der Waals surface area contributed by atoms with Crippen molar-refractivity contribution in [1.29, 1.82) is 0 Å². The topological polar surface area (TPSA) is 64.4 Å². The normalized spacial score (nSPS) is 17.2. The smallest absolute Gasteiger partial charge is 0.251 e. The zero-order valence-electron chi connectivity index (χ0n) is 13.0. The highest BCUT2D eigenvalue weighted by Crippen LogP contribution is 2.28. The first-order valence-corrected chi connectivity index (χ1v) is 7.89. The van der Waals surface area contributed by atoms with E-state index in [9.17, 15) is 4.79 Å². The van der Waals surface area contributed by atoms with Crippen LogP contribution in [-0.2, 0) is 0 Å². The minimum Gasteiger partial charge on any atom is -0.497 e. The first-order valence-electron chi connectivity index (χ1n) is 7.89. The van der Waals surface area contributed by atoms with Gasteiger partial charge in [-0.15, -0.1) is 0 Å². The summed E-state index contributed by atoms with van der Waals surface area (Å²) in [6.07, 6.45) is 7.30. The predicted molar refractivity (Wildman–Crippen MR) is 85.5 cm³/mol. The maximum absolute atomic E-state index is 12.5. The Kier molecular flexibility index (Phi) is 5.48. The number of nitrogens with one attached hydrogen (secondary N) is 1. The van der Waals surface area contributed by atoms with Crippen LogP contribution in [0.25, 0.3) is 0 Å². The number of methoxy groups -OCH3 is 1. The molecule has 0 bridgehead atoms. The van der Waals surface area contributed by atoms with Gasteiger partial charge in [-0.25, -0.2) is 0 Å². The molecule has 1 fully saturated rings. The molecule has 1 aromatic carbocycles. The summed E-state index contributed by atoms with van der Waals surface area (Å²) in [7, 11) is 1.58. The van der Waals surface area contributed by atoms with Gasteiger partial charge in [0.2, 0.25) is 0 Å². The lowest BCUT2D eigenvalue weighted by Crippen LogP contribution is -2.40. The number of anilines is 1. The number of ether oxygens (including phenoxy) is 1. The van der Waals surface area contributed by atoms with E-state index in [1.807, 2.05) is 0 Å². The van der Waals surface area contributed by atoms with Gasteiger partial charge in [-0.3, -0.25) is 4.79 Å². The molecule has 2 rings (SSSR count). The van der Waals surface area contributed by atoms with E-state index in [1.165, 1.54) is 32.1 Å². The van der Waals surface area contributed by atoms with Gasteiger partial charge >= 0.3 is 0 Å². The predicted octanol–water partition coefficient (Wildman–Crippen LogP) is 3.37. The summed E-state index contributed by atoms with van der Waals surface area (Å²) in [6, 6.07) is 5.41. The lowest BCUT2D eigenvalue weighted by molar-refractivity contribution is 0.0911. The molecular formula is C17H26N2O2. The number of benzene rings is 1. The van der Waals surface area contributed by atoms with Crippen LogP contribution in [0.2, 0.25) is 0 Å². The van der Waals surface area contributed by atoms with E-state index in [-0.39, 0.29) is 11.9 Å². The second kappa shape index (κ2) is 7.34. The largest absolute Gasteiger partial charge is 0.497 e. The van der Waals surface area contributed by atoms with Gasteiger partial charge in [0.05, 0.1) is 7.11 Å². The quantitative estimate of drug-likeness (QED) is 0.817. The van der Waals surface area contributed by atoms with E-state index >= 15 is 0 Å². The Morgan fingerprint density at radius 2 is 2.05 bits per heavy atom. The zero-order valence-corrected chi connectivity index (χ0v) is 13.0. The molecule has 1 unspecified atom stereocenters. The highest BCUT2D eigenvalue weighted by atomic mass is 16.5. The molecule has 3 N–H and O–H groups in total. The standard InChI is InChI=1S/C17H26N2O2/c1-3-16(12-7-5-4-6-8-12)19-17(20)13-9-14(18)11-15(10-13)21-2/h9-12,16H,3-8,18H2,1-2H3,(H,19,20). The molecule has 0 heterocycles. The highest BCUT2D eigenvalue weighted by molar-refractivity contribution is 5.95. The molecule has 0 spiro atoms. The Morgan fingerprint density at radius 1 is 1.33 bits per heavy atom. The minimum atomic E-state index is -0.0574. The van der Waals surface area contributed by atoms with E-state index in [0.717, 1.165) is 6.42 Å². The van der Waals surface area contributed by atoms with Crippen LogP contribution in [-0.4, -0.2) is 19.1 Å². The molecule has 1 saturated carbocycles. The summed E-state index contributed by atoms with van der Waals surface area (Å²) in [5.74, 6) is 1.17. The van der Waals surface area contributed by atoms with Crippen LogP contribution < -0.4 is 15.8 Å². The van der Waals surface area contributed by atoms with Crippen molar-refractivity contribution in [2.45, 2.75) is 51.5 Å². The third-order valence-electron chi connectivity index (χ3n) is 4.40. The number of carbonyl (C=O) groups excluding carboxylic acids is 1. The molecule has 0 saturated heterocycles. The molecule has 1 amide bonds. The molecule has 1 aromatic rings. The molecule has 4 heteroatoms. The number of hydrogen-bond acceptors (Lipinski definition) is 3. The van der Waals surface area contributed by atoms with E-state index < -0.39 is 0 Å². The fourth-order valence-corrected chi connectivity index (χ4v) is 3.21. The first kappa shape index (κ1) is 15.7. The molecule has 116 valence electrons. The van der Waals surface area contributed by atoms with Crippen molar-refractivity contribution in [2.24, 2.45) is 5.92 Å². The Balaban J connectivity index is 2.06. The molecule has 0 aliphatic heterocycles. The van der Waals surface area contributed by atoms with Gasteiger partial charge < -0.3 is 15.8 Å². The molecule has 1 atom stereocenters. The Labute approximate surface area is 127 Å². The molecule has 1 aliphatic rings. The van der Waals surface area contributed by atoms with Gasteiger partial charge in [0.15, 0.2) is 0 Å². The number of carbonyl (C=O) groups is 1. The van der Waals surface area contributed by atoms with Gasteiger partial charge in [-0.2, -0.15) is 0 Å². The Morgan fingerprint density at radius 3 is 2.67 bits per heavy atom. The summed E-state index contributed by atoms with van der Waals surface area (Å²) < 4.78 is 5.17. The van der Waals surface area contributed by atoms with Gasteiger partial charge in [-0.1, -0.05) is 26.2 Å². The van der Waals surface area contributed by atoms with Crippen LogP contribution in [0.4, 0.5) is 5.69 Å². The lowest BCUT2D eigenvalue weighted by Gasteiger charge is -2.30. The number of rotatable bonds is 5. The van der Waals surface area contributed by atoms with Crippen molar-refractivity contribution in [3.8, 4) is 5.75 Å². The summed E-state index contributed by atoms with van der Waals surface area (Å²) in [6.45, 7) is 2.14. The lowest BCUT2D eigenvalue weighted by atomic mass is 9.83. The van der Waals surface area contributed by atoms with Crippen molar-refractivity contribution in [3.05, 3.63) is 23.8 Å². The van der Waals surface area contributed by atoms with Crippen molar-refractivity contribution in [1.82, 2.24) is 5.32 Å².